The van der Waals surface area contributed by atoms with E-state index in [-0.39, 0.29) is 17.8 Å². The van der Waals surface area contributed by atoms with E-state index in [1.54, 1.807) is 6.07 Å². The van der Waals surface area contributed by atoms with Crippen LogP contribution in [0.25, 0.3) is 0 Å². The van der Waals surface area contributed by atoms with E-state index in [0.717, 1.165) is 5.56 Å². The molecule has 1 saturated heterocycles. The summed E-state index contributed by atoms with van der Waals surface area (Å²) in [4.78, 5) is 2.07. The van der Waals surface area contributed by atoms with Crippen molar-refractivity contribution in [2.45, 2.75) is 45.9 Å². The molecule has 112 valence electrons. The lowest BCUT2D eigenvalue weighted by atomic mass is 9.95. The first kappa shape index (κ1) is 15.3. The SMILES string of the molecule is CC(C)NCc1cccc(F)c1N1CCC(O)C(C)C1. The second-order valence-electron chi connectivity index (χ2n) is 6.06. The van der Waals surface area contributed by atoms with E-state index in [1.165, 1.54) is 6.07 Å². The van der Waals surface area contributed by atoms with Crippen LogP contribution in [0.15, 0.2) is 18.2 Å². The summed E-state index contributed by atoms with van der Waals surface area (Å²) in [5.41, 5.74) is 1.68. The van der Waals surface area contributed by atoms with Crippen molar-refractivity contribution < 1.29 is 9.50 Å². The van der Waals surface area contributed by atoms with Crippen LogP contribution < -0.4 is 10.2 Å². The predicted octanol–water partition coefficient (Wildman–Crippen LogP) is 2.53. The Morgan fingerprint density at radius 2 is 2.20 bits per heavy atom. The first-order chi connectivity index (χ1) is 9.49. The highest BCUT2D eigenvalue weighted by molar-refractivity contribution is 5.55. The number of rotatable bonds is 4. The van der Waals surface area contributed by atoms with Crippen LogP contribution in [0, 0.1) is 11.7 Å². The van der Waals surface area contributed by atoms with Crippen LogP contribution in [0.3, 0.4) is 0 Å². The van der Waals surface area contributed by atoms with Crippen molar-refractivity contribution in [3.8, 4) is 0 Å². The molecule has 20 heavy (non-hydrogen) atoms. The Morgan fingerprint density at radius 3 is 2.85 bits per heavy atom. The second kappa shape index (κ2) is 6.55. The number of anilines is 1. The normalized spacial score (nSPS) is 23.4. The third-order valence-corrected chi connectivity index (χ3v) is 3.95. The molecule has 2 N–H and O–H groups in total. The quantitative estimate of drug-likeness (QED) is 0.889. The van der Waals surface area contributed by atoms with Crippen molar-refractivity contribution in [2.75, 3.05) is 18.0 Å². The van der Waals surface area contributed by atoms with Gasteiger partial charge in [0.15, 0.2) is 0 Å². The summed E-state index contributed by atoms with van der Waals surface area (Å²) in [5.74, 6) is 0.00547. The smallest absolute Gasteiger partial charge is 0.146 e. The average Bonchev–Trinajstić information content (AvgIpc) is 2.40. The molecule has 4 heteroatoms. The van der Waals surface area contributed by atoms with Gasteiger partial charge in [0.1, 0.15) is 5.82 Å². The van der Waals surface area contributed by atoms with Crippen LogP contribution in [0.4, 0.5) is 10.1 Å². The van der Waals surface area contributed by atoms with Gasteiger partial charge in [0.25, 0.3) is 0 Å². The molecule has 2 unspecified atom stereocenters. The molecule has 3 nitrogen and oxygen atoms in total. The molecule has 0 aliphatic carbocycles. The number of hydrogen-bond acceptors (Lipinski definition) is 3. The Hall–Kier alpha value is -1.13. The largest absolute Gasteiger partial charge is 0.393 e. The summed E-state index contributed by atoms with van der Waals surface area (Å²) in [6.45, 7) is 8.26. The second-order valence-corrected chi connectivity index (χ2v) is 6.06. The standard InChI is InChI=1S/C16H25FN2O/c1-11(2)18-9-13-5-4-6-14(17)16(13)19-8-7-15(20)12(3)10-19/h4-6,11-12,15,18,20H,7-10H2,1-3H3. The van der Waals surface area contributed by atoms with Gasteiger partial charge in [-0.05, 0) is 24.0 Å². The Labute approximate surface area is 120 Å². The van der Waals surface area contributed by atoms with Gasteiger partial charge in [0.05, 0.1) is 11.8 Å². The molecular formula is C16H25FN2O. The molecule has 2 rings (SSSR count). The van der Waals surface area contributed by atoms with E-state index in [9.17, 15) is 9.50 Å². The first-order valence-electron chi connectivity index (χ1n) is 7.42. The molecule has 0 aromatic heterocycles. The number of hydrogen-bond donors (Lipinski definition) is 2. The predicted molar refractivity (Wildman–Crippen MR) is 80.4 cm³/mol. The zero-order chi connectivity index (χ0) is 14.7. The van der Waals surface area contributed by atoms with Crippen LogP contribution in [-0.2, 0) is 6.54 Å². The molecule has 1 fully saturated rings. The maximum atomic E-state index is 14.3. The van der Waals surface area contributed by atoms with Gasteiger partial charge in [-0.2, -0.15) is 0 Å². The van der Waals surface area contributed by atoms with Crippen molar-refractivity contribution in [2.24, 2.45) is 5.92 Å². The maximum Gasteiger partial charge on any atom is 0.146 e. The lowest BCUT2D eigenvalue weighted by molar-refractivity contribution is 0.0968. The number of piperidine rings is 1. The zero-order valence-electron chi connectivity index (χ0n) is 12.6. The van der Waals surface area contributed by atoms with Crippen molar-refractivity contribution in [3.05, 3.63) is 29.6 Å². The lowest BCUT2D eigenvalue weighted by Crippen LogP contribution is -2.43. The molecule has 0 bridgehead atoms. The van der Waals surface area contributed by atoms with Gasteiger partial charge in [-0.25, -0.2) is 4.39 Å². The number of aliphatic hydroxyl groups excluding tert-OH is 1. The number of halogens is 1. The van der Waals surface area contributed by atoms with Crippen molar-refractivity contribution >= 4 is 5.69 Å². The van der Waals surface area contributed by atoms with Gasteiger partial charge in [-0.3, -0.25) is 0 Å². The monoisotopic (exact) mass is 280 g/mol. The summed E-state index contributed by atoms with van der Waals surface area (Å²) in [6, 6.07) is 5.62. The number of nitrogens with one attached hydrogen (secondary N) is 1. The lowest BCUT2D eigenvalue weighted by Gasteiger charge is -2.37. The molecule has 0 amide bonds. The topological polar surface area (TPSA) is 35.5 Å². The van der Waals surface area contributed by atoms with Gasteiger partial charge in [-0.1, -0.05) is 32.9 Å². The fourth-order valence-electron chi connectivity index (χ4n) is 2.71. The van der Waals surface area contributed by atoms with Crippen LogP contribution >= 0.6 is 0 Å². The van der Waals surface area contributed by atoms with E-state index < -0.39 is 0 Å². The van der Waals surface area contributed by atoms with E-state index in [0.29, 0.717) is 37.8 Å². The minimum Gasteiger partial charge on any atom is -0.393 e. The summed E-state index contributed by atoms with van der Waals surface area (Å²) in [6.07, 6.45) is 0.433. The summed E-state index contributed by atoms with van der Waals surface area (Å²) >= 11 is 0. The first-order valence-corrected chi connectivity index (χ1v) is 7.42. The fourth-order valence-corrected chi connectivity index (χ4v) is 2.71. The van der Waals surface area contributed by atoms with Crippen molar-refractivity contribution in [3.63, 3.8) is 0 Å². The Balaban J connectivity index is 2.21. The van der Waals surface area contributed by atoms with Crippen LogP contribution in [0.1, 0.15) is 32.8 Å². The Bertz CT molecular complexity index is 450. The molecule has 0 radical (unpaired) electrons. The average molecular weight is 280 g/mol. The number of para-hydroxylation sites is 1. The van der Waals surface area contributed by atoms with Crippen LogP contribution in [-0.4, -0.2) is 30.3 Å². The molecule has 1 heterocycles. The molecule has 1 aliphatic rings. The summed E-state index contributed by atoms with van der Waals surface area (Å²) in [7, 11) is 0. The van der Waals surface area contributed by atoms with Gasteiger partial charge < -0.3 is 15.3 Å². The molecule has 2 atom stereocenters. The van der Waals surface area contributed by atoms with Gasteiger partial charge in [0.2, 0.25) is 0 Å². The summed E-state index contributed by atoms with van der Waals surface area (Å²) < 4.78 is 14.3. The molecular weight excluding hydrogens is 255 g/mol. The summed E-state index contributed by atoms with van der Waals surface area (Å²) in [5, 5.41) is 13.2. The maximum absolute atomic E-state index is 14.3. The third kappa shape index (κ3) is 3.49. The highest BCUT2D eigenvalue weighted by atomic mass is 19.1. The van der Waals surface area contributed by atoms with E-state index in [2.05, 4.69) is 24.1 Å². The molecule has 1 aromatic carbocycles. The van der Waals surface area contributed by atoms with Crippen molar-refractivity contribution in [1.82, 2.24) is 5.32 Å². The zero-order valence-corrected chi connectivity index (χ0v) is 12.6. The Morgan fingerprint density at radius 1 is 1.45 bits per heavy atom. The highest BCUT2D eigenvalue weighted by Crippen LogP contribution is 2.29. The highest BCUT2D eigenvalue weighted by Gasteiger charge is 2.27. The van der Waals surface area contributed by atoms with Gasteiger partial charge >= 0.3 is 0 Å². The van der Waals surface area contributed by atoms with E-state index >= 15 is 0 Å². The van der Waals surface area contributed by atoms with Gasteiger partial charge in [-0.15, -0.1) is 0 Å². The van der Waals surface area contributed by atoms with Crippen LogP contribution in [0.2, 0.25) is 0 Å². The molecule has 1 aliphatic heterocycles. The molecule has 1 aromatic rings. The Kier molecular flexibility index (Phi) is 5.00. The molecule has 0 spiro atoms. The molecule has 0 saturated carbocycles. The number of aliphatic hydroxyl groups is 1. The van der Waals surface area contributed by atoms with Crippen molar-refractivity contribution in [1.29, 1.82) is 0 Å². The van der Waals surface area contributed by atoms with Crippen LogP contribution in [0.5, 0.6) is 0 Å². The van der Waals surface area contributed by atoms with E-state index in [4.69, 9.17) is 0 Å². The number of benzene rings is 1. The minimum absolute atomic E-state index is 0.170. The third-order valence-electron chi connectivity index (χ3n) is 3.95. The minimum atomic E-state index is -0.268. The fraction of sp³-hybridized carbons (Fsp3) is 0.625. The van der Waals surface area contributed by atoms with E-state index in [1.807, 2.05) is 13.0 Å². The van der Waals surface area contributed by atoms with Gasteiger partial charge in [0, 0.05) is 25.7 Å². The number of nitrogens with zero attached hydrogens (tertiary/aromatic N) is 1.